The Kier molecular flexibility index (Phi) is 4.58. The normalized spacial score (nSPS) is 16.4. The van der Waals surface area contributed by atoms with Crippen LogP contribution >= 0.6 is 0 Å². The molecule has 0 aromatic carbocycles. The summed E-state index contributed by atoms with van der Waals surface area (Å²) in [6.45, 7) is 5.17. The summed E-state index contributed by atoms with van der Waals surface area (Å²) in [6, 6.07) is -0.385. The fraction of sp³-hybridized carbons (Fsp3) is 0.714. The second kappa shape index (κ2) is 6.19. The highest BCUT2D eigenvalue weighted by Gasteiger charge is 2.29. The third kappa shape index (κ3) is 3.56. The number of esters is 1. The van der Waals surface area contributed by atoms with Crippen molar-refractivity contribution >= 4 is 5.97 Å². The molecule has 0 radical (unpaired) electrons. The third-order valence-electron chi connectivity index (χ3n) is 3.41. The molecule has 0 aliphatic heterocycles. The Morgan fingerprint density at radius 1 is 1.58 bits per heavy atom. The Morgan fingerprint density at radius 3 is 2.89 bits per heavy atom. The number of ether oxygens (including phenoxy) is 1. The molecule has 0 saturated heterocycles. The van der Waals surface area contributed by atoms with Gasteiger partial charge in [0.15, 0.2) is 0 Å². The molecule has 106 valence electrons. The Bertz CT molecular complexity index is 438. The predicted octanol–water partition coefficient (Wildman–Crippen LogP) is 1.59. The highest BCUT2D eigenvalue weighted by atomic mass is 16.5. The van der Waals surface area contributed by atoms with Gasteiger partial charge in [-0.25, -0.2) is 4.79 Å². The lowest BCUT2D eigenvalue weighted by Gasteiger charge is -2.17. The van der Waals surface area contributed by atoms with E-state index in [1.54, 1.807) is 4.68 Å². The number of rotatable bonds is 7. The average Bonchev–Trinajstić information content (AvgIpc) is 3.12. The summed E-state index contributed by atoms with van der Waals surface area (Å²) < 4.78 is 6.94. The first-order chi connectivity index (χ1) is 9.15. The maximum atomic E-state index is 12.1. The van der Waals surface area contributed by atoms with E-state index in [9.17, 15) is 4.79 Å². The van der Waals surface area contributed by atoms with Gasteiger partial charge in [0.25, 0.3) is 0 Å². The second-order valence-corrected chi connectivity index (χ2v) is 5.10. The monoisotopic (exact) mass is 265 g/mol. The zero-order valence-corrected chi connectivity index (χ0v) is 12.0. The van der Waals surface area contributed by atoms with Crippen molar-refractivity contribution in [2.24, 2.45) is 13.0 Å². The molecule has 1 aliphatic rings. The van der Waals surface area contributed by atoms with E-state index < -0.39 is 0 Å². The van der Waals surface area contributed by atoms with Crippen LogP contribution in [0.3, 0.4) is 0 Å². The fourth-order valence-corrected chi connectivity index (χ4v) is 2.22. The van der Waals surface area contributed by atoms with E-state index in [0.717, 1.165) is 30.1 Å². The Balaban J connectivity index is 2.15. The first-order valence-electron chi connectivity index (χ1n) is 7.08. The molecule has 1 fully saturated rings. The van der Waals surface area contributed by atoms with E-state index in [1.807, 2.05) is 20.2 Å². The van der Waals surface area contributed by atoms with Crippen LogP contribution in [0.4, 0.5) is 0 Å². The fourth-order valence-electron chi connectivity index (χ4n) is 2.22. The number of aromatic nitrogens is 2. The second-order valence-electron chi connectivity index (χ2n) is 5.10. The molecular weight excluding hydrogens is 242 g/mol. The minimum Gasteiger partial charge on any atom is -0.465 e. The van der Waals surface area contributed by atoms with Gasteiger partial charge in [-0.3, -0.25) is 4.68 Å². The van der Waals surface area contributed by atoms with Crippen LogP contribution in [0.15, 0.2) is 6.20 Å². The summed E-state index contributed by atoms with van der Waals surface area (Å²) >= 11 is 0. The van der Waals surface area contributed by atoms with Crippen molar-refractivity contribution < 1.29 is 9.53 Å². The van der Waals surface area contributed by atoms with Crippen molar-refractivity contribution in [2.45, 2.75) is 39.2 Å². The minimum absolute atomic E-state index is 0.203. The van der Waals surface area contributed by atoms with Gasteiger partial charge >= 0.3 is 5.97 Å². The SMILES string of the molecule is CCOC(=O)C(NCC1CC1)c1cn(C)nc1CC. The molecule has 1 saturated carbocycles. The Morgan fingerprint density at radius 2 is 2.32 bits per heavy atom. The van der Waals surface area contributed by atoms with Crippen LogP contribution in [-0.4, -0.2) is 28.9 Å². The molecule has 1 heterocycles. The van der Waals surface area contributed by atoms with E-state index in [1.165, 1.54) is 12.8 Å². The lowest BCUT2D eigenvalue weighted by Crippen LogP contribution is -2.32. The van der Waals surface area contributed by atoms with Gasteiger partial charge in [0.05, 0.1) is 12.3 Å². The summed E-state index contributed by atoms with van der Waals surface area (Å²) in [7, 11) is 1.88. The number of nitrogens with one attached hydrogen (secondary N) is 1. The molecule has 1 aromatic rings. The topological polar surface area (TPSA) is 56.1 Å². The molecule has 2 rings (SSSR count). The van der Waals surface area contributed by atoms with E-state index in [-0.39, 0.29) is 12.0 Å². The predicted molar refractivity (Wildman–Crippen MR) is 72.7 cm³/mol. The molecule has 1 aromatic heterocycles. The number of carbonyl (C=O) groups is 1. The number of aryl methyl sites for hydroxylation is 2. The third-order valence-corrected chi connectivity index (χ3v) is 3.41. The van der Waals surface area contributed by atoms with Gasteiger partial charge in [0, 0.05) is 18.8 Å². The van der Waals surface area contributed by atoms with Crippen molar-refractivity contribution in [1.29, 1.82) is 0 Å². The molecule has 1 N–H and O–H groups in total. The van der Waals surface area contributed by atoms with Crippen molar-refractivity contribution in [2.75, 3.05) is 13.2 Å². The highest BCUT2D eigenvalue weighted by Crippen LogP contribution is 2.29. The van der Waals surface area contributed by atoms with E-state index in [0.29, 0.717) is 6.61 Å². The Hall–Kier alpha value is -1.36. The average molecular weight is 265 g/mol. The van der Waals surface area contributed by atoms with E-state index in [2.05, 4.69) is 17.3 Å². The van der Waals surface area contributed by atoms with Crippen molar-refractivity contribution in [1.82, 2.24) is 15.1 Å². The molecule has 1 unspecified atom stereocenters. The van der Waals surface area contributed by atoms with Crippen LogP contribution in [0.2, 0.25) is 0 Å². The molecule has 5 nitrogen and oxygen atoms in total. The molecule has 5 heteroatoms. The highest BCUT2D eigenvalue weighted by molar-refractivity contribution is 5.78. The van der Waals surface area contributed by atoms with Gasteiger partial charge in [-0.15, -0.1) is 0 Å². The zero-order chi connectivity index (χ0) is 13.8. The molecule has 0 amide bonds. The molecule has 1 atom stereocenters. The van der Waals surface area contributed by atoms with Gasteiger partial charge in [0.2, 0.25) is 0 Å². The van der Waals surface area contributed by atoms with Crippen LogP contribution in [0.25, 0.3) is 0 Å². The quantitative estimate of drug-likeness (QED) is 0.761. The van der Waals surface area contributed by atoms with Gasteiger partial charge in [-0.1, -0.05) is 6.92 Å². The van der Waals surface area contributed by atoms with Gasteiger partial charge in [0.1, 0.15) is 6.04 Å². The maximum absolute atomic E-state index is 12.1. The summed E-state index contributed by atoms with van der Waals surface area (Å²) in [6.07, 6.45) is 5.25. The van der Waals surface area contributed by atoms with Gasteiger partial charge in [-0.05, 0) is 38.6 Å². The largest absolute Gasteiger partial charge is 0.465 e. The van der Waals surface area contributed by atoms with Crippen LogP contribution in [-0.2, 0) is 23.0 Å². The smallest absolute Gasteiger partial charge is 0.327 e. The van der Waals surface area contributed by atoms with Crippen molar-refractivity contribution in [3.8, 4) is 0 Å². The number of hydrogen-bond donors (Lipinski definition) is 1. The van der Waals surface area contributed by atoms with Gasteiger partial charge < -0.3 is 10.1 Å². The van der Waals surface area contributed by atoms with Crippen LogP contribution in [0.1, 0.15) is 44.0 Å². The molecule has 0 bridgehead atoms. The minimum atomic E-state index is -0.385. The summed E-state index contributed by atoms with van der Waals surface area (Å²) in [5.41, 5.74) is 1.91. The lowest BCUT2D eigenvalue weighted by molar-refractivity contribution is -0.145. The van der Waals surface area contributed by atoms with Crippen molar-refractivity contribution in [3.05, 3.63) is 17.5 Å². The number of hydrogen-bond acceptors (Lipinski definition) is 4. The van der Waals surface area contributed by atoms with Crippen LogP contribution in [0.5, 0.6) is 0 Å². The first kappa shape index (κ1) is 14.1. The maximum Gasteiger partial charge on any atom is 0.327 e. The summed E-state index contributed by atoms with van der Waals surface area (Å²) in [4.78, 5) is 12.1. The number of carbonyl (C=O) groups excluding carboxylic acids is 1. The van der Waals surface area contributed by atoms with Crippen molar-refractivity contribution in [3.63, 3.8) is 0 Å². The molecular formula is C14H23N3O2. The zero-order valence-electron chi connectivity index (χ0n) is 12.0. The number of nitrogens with zero attached hydrogens (tertiary/aromatic N) is 2. The molecule has 19 heavy (non-hydrogen) atoms. The lowest BCUT2D eigenvalue weighted by atomic mass is 10.1. The Labute approximate surface area is 114 Å². The first-order valence-corrected chi connectivity index (χ1v) is 7.08. The molecule has 1 aliphatic carbocycles. The van der Waals surface area contributed by atoms with Crippen LogP contribution in [0, 0.1) is 5.92 Å². The summed E-state index contributed by atoms with van der Waals surface area (Å²) in [5, 5.41) is 7.75. The molecule has 0 spiro atoms. The van der Waals surface area contributed by atoms with Crippen LogP contribution < -0.4 is 5.32 Å². The van der Waals surface area contributed by atoms with E-state index in [4.69, 9.17) is 4.74 Å². The van der Waals surface area contributed by atoms with E-state index >= 15 is 0 Å². The standard InChI is InChI=1S/C14H23N3O2/c1-4-12-11(9-17(3)16-12)13(14(18)19-5-2)15-8-10-6-7-10/h9-10,13,15H,4-8H2,1-3H3. The van der Waals surface area contributed by atoms with Gasteiger partial charge in [-0.2, -0.15) is 5.10 Å². The summed E-state index contributed by atoms with van der Waals surface area (Å²) in [5.74, 6) is 0.518.